The Morgan fingerprint density at radius 2 is 1.58 bits per heavy atom. The Hall–Kier alpha value is -2.76. The third kappa shape index (κ3) is 3.13. The first kappa shape index (κ1) is 16.1. The molecule has 0 unspecified atom stereocenters. The highest BCUT2D eigenvalue weighted by molar-refractivity contribution is 5.65. The summed E-state index contributed by atoms with van der Waals surface area (Å²) in [6, 6.07) is 15.5. The summed E-state index contributed by atoms with van der Waals surface area (Å²) >= 11 is 0. The molecule has 3 aromatic rings. The second-order valence-electron chi connectivity index (χ2n) is 5.49. The van der Waals surface area contributed by atoms with Gasteiger partial charge in [-0.15, -0.1) is 0 Å². The van der Waals surface area contributed by atoms with Crippen LogP contribution in [0.25, 0.3) is 16.9 Å². The molecule has 2 aromatic carbocycles. The van der Waals surface area contributed by atoms with E-state index in [9.17, 15) is 13.2 Å². The number of alkyl halides is 3. The zero-order chi connectivity index (χ0) is 17.3. The van der Waals surface area contributed by atoms with Crippen molar-refractivity contribution in [2.45, 2.75) is 13.1 Å². The highest BCUT2D eigenvalue weighted by Crippen LogP contribution is 2.33. The largest absolute Gasteiger partial charge is 0.435 e. The molecule has 1 heterocycles. The number of aromatic nitrogens is 2. The molecule has 0 aliphatic rings. The van der Waals surface area contributed by atoms with Crippen molar-refractivity contribution in [2.75, 3.05) is 12.4 Å². The van der Waals surface area contributed by atoms with Crippen molar-refractivity contribution >= 4 is 5.69 Å². The molecule has 1 aromatic heterocycles. The molecule has 0 spiro atoms. The van der Waals surface area contributed by atoms with Gasteiger partial charge in [-0.05, 0) is 37.3 Å². The highest BCUT2D eigenvalue weighted by Gasteiger charge is 2.35. The van der Waals surface area contributed by atoms with Gasteiger partial charge >= 0.3 is 6.18 Å². The van der Waals surface area contributed by atoms with E-state index >= 15 is 0 Å². The molecular formula is C18H16F3N3. The minimum atomic E-state index is -4.49. The van der Waals surface area contributed by atoms with Crippen molar-refractivity contribution in [3.8, 4) is 16.9 Å². The monoisotopic (exact) mass is 331 g/mol. The highest BCUT2D eigenvalue weighted by atomic mass is 19.4. The van der Waals surface area contributed by atoms with Crippen LogP contribution in [0.2, 0.25) is 0 Å². The van der Waals surface area contributed by atoms with E-state index in [2.05, 4.69) is 10.4 Å². The van der Waals surface area contributed by atoms with Gasteiger partial charge < -0.3 is 5.32 Å². The van der Waals surface area contributed by atoms with Gasteiger partial charge in [0.2, 0.25) is 0 Å². The maximum Gasteiger partial charge on any atom is 0.435 e. The molecule has 0 radical (unpaired) electrons. The number of halogens is 3. The Morgan fingerprint density at radius 1 is 0.958 bits per heavy atom. The van der Waals surface area contributed by atoms with E-state index in [1.54, 1.807) is 31.3 Å². The van der Waals surface area contributed by atoms with Crippen LogP contribution in [0.1, 0.15) is 11.3 Å². The number of aryl methyl sites for hydroxylation is 1. The number of hydrogen-bond acceptors (Lipinski definition) is 2. The lowest BCUT2D eigenvalue weighted by molar-refractivity contribution is -0.141. The first-order valence-corrected chi connectivity index (χ1v) is 7.41. The molecule has 0 saturated carbocycles. The van der Waals surface area contributed by atoms with Gasteiger partial charge in [0, 0.05) is 18.3 Å². The van der Waals surface area contributed by atoms with E-state index < -0.39 is 11.9 Å². The standard InChI is InChI=1S/C18H16F3N3/c1-12-3-9-15(10-4-12)24-16(11-17(23-24)18(19,20)21)13-5-7-14(22-2)8-6-13/h3-11,22H,1-2H3. The van der Waals surface area contributed by atoms with Crippen LogP contribution < -0.4 is 5.32 Å². The van der Waals surface area contributed by atoms with E-state index in [1.165, 1.54) is 4.68 Å². The smallest absolute Gasteiger partial charge is 0.388 e. The van der Waals surface area contributed by atoms with Gasteiger partial charge in [0.1, 0.15) is 0 Å². The van der Waals surface area contributed by atoms with Gasteiger partial charge in [0.25, 0.3) is 0 Å². The quantitative estimate of drug-likeness (QED) is 0.739. The summed E-state index contributed by atoms with van der Waals surface area (Å²) in [4.78, 5) is 0. The minimum Gasteiger partial charge on any atom is -0.388 e. The zero-order valence-electron chi connectivity index (χ0n) is 13.2. The molecule has 6 heteroatoms. The maximum atomic E-state index is 13.1. The minimum absolute atomic E-state index is 0.397. The van der Waals surface area contributed by atoms with Crippen molar-refractivity contribution in [2.24, 2.45) is 0 Å². The lowest BCUT2D eigenvalue weighted by atomic mass is 10.1. The van der Waals surface area contributed by atoms with Gasteiger partial charge in [-0.25, -0.2) is 4.68 Å². The molecule has 3 rings (SSSR count). The van der Waals surface area contributed by atoms with Gasteiger partial charge in [-0.2, -0.15) is 18.3 Å². The SMILES string of the molecule is CNc1ccc(-c2cc(C(F)(F)F)nn2-c2ccc(C)cc2)cc1. The van der Waals surface area contributed by atoms with Crippen LogP contribution in [-0.4, -0.2) is 16.8 Å². The molecular weight excluding hydrogens is 315 g/mol. The fourth-order valence-corrected chi connectivity index (χ4v) is 2.42. The van der Waals surface area contributed by atoms with Crippen LogP contribution in [0.4, 0.5) is 18.9 Å². The molecule has 1 N–H and O–H groups in total. The third-order valence-electron chi connectivity index (χ3n) is 3.75. The Labute approximate surface area is 137 Å². The molecule has 24 heavy (non-hydrogen) atoms. The Morgan fingerprint density at radius 3 is 2.12 bits per heavy atom. The van der Waals surface area contributed by atoms with Crippen molar-refractivity contribution < 1.29 is 13.2 Å². The average Bonchev–Trinajstić information content (AvgIpc) is 3.01. The summed E-state index contributed by atoms with van der Waals surface area (Å²) in [5, 5.41) is 6.76. The van der Waals surface area contributed by atoms with Crippen LogP contribution in [0, 0.1) is 6.92 Å². The van der Waals surface area contributed by atoms with Crippen molar-refractivity contribution in [1.82, 2.24) is 9.78 Å². The Kier molecular flexibility index (Phi) is 4.05. The molecule has 3 nitrogen and oxygen atoms in total. The van der Waals surface area contributed by atoms with E-state index in [0.29, 0.717) is 16.9 Å². The van der Waals surface area contributed by atoms with E-state index in [-0.39, 0.29) is 0 Å². The molecule has 0 fully saturated rings. The molecule has 0 saturated heterocycles. The zero-order valence-corrected chi connectivity index (χ0v) is 13.2. The second kappa shape index (κ2) is 6.03. The van der Waals surface area contributed by atoms with Gasteiger partial charge in [0.05, 0.1) is 11.4 Å². The van der Waals surface area contributed by atoms with Crippen LogP contribution in [-0.2, 0) is 6.18 Å². The molecule has 0 bridgehead atoms. The number of nitrogens with zero attached hydrogens (tertiary/aromatic N) is 2. The normalized spacial score (nSPS) is 11.5. The molecule has 0 aliphatic heterocycles. The number of nitrogens with one attached hydrogen (secondary N) is 1. The van der Waals surface area contributed by atoms with Gasteiger partial charge in [-0.3, -0.25) is 0 Å². The Balaban J connectivity index is 2.15. The molecule has 0 aliphatic carbocycles. The summed E-state index contributed by atoms with van der Waals surface area (Å²) in [5.74, 6) is 0. The summed E-state index contributed by atoms with van der Waals surface area (Å²) in [6.07, 6.45) is -4.49. The molecule has 124 valence electrons. The first-order valence-electron chi connectivity index (χ1n) is 7.41. The maximum absolute atomic E-state index is 13.1. The van der Waals surface area contributed by atoms with Crippen molar-refractivity contribution in [3.63, 3.8) is 0 Å². The Bertz CT molecular complexity index is 831. The summed E-state index contributed by atoms with van der Waals surface area (Å²) in [5.41, 5.74) is 2.66. The predicted molar refractivity (Wildman–Crippen MR) is 88.3 cm³/mol. The van der Waals surface area contributed by atoms with E-state index in [4.69, 9.17) is 0 Å². The third-order valence-corrected chi connectivity index (χ3v) is 3.75. The first-order chi connectivity index (χ1) is 11.4. The van der Waals surface area contributed by atoms with Crippen LogP contribution in [0.15, 0.2) is 54.6 Å². The number of hydrogen-bond donors (Lipinski definition) is 1. The average molecular weight is 331 g/mol. The fourth-order valence-electron chi connectivity index (χ4n) is 2.42. The predicted octanol–water partition coefficient (Wildman–Crippen LogP) is 4.91. The number of anilines is 1. The van der Waals surface area contributed by atoms with Gasteiger partial charge in [-0.1, -0.05) is 29.8 Å². The number of benzene rings is 2. The van der Waals surface area contributed by atoms with E-state index in [1.807, 2.05) is 31.2 Å². The lowest BCUT2D eigenvalue weighted by Crippen LogP contribution is -2.07. The van der Waals surface area contributed by atoms with E-state index in [0.717, 1.165) is 17.3 Å². The summed E-state index contributed by atoms with van der Waals surface area (Å²) in [7, 11) is 1.79. The van der Waals surface area contributed by atoms with Crippen LogP contribution >= 0.6 is 0 Å². The second-order valence-corrected chi connectivity index (χ2v) is 5.49. The fraction of sp³-hybridized carbons (Fsp3) is 0.167. The summed E-state index contributed by atoms with van der Waals surface area (Å²) < 4.78 is 40.7. The van der Waals surface area contributed by atoms with Crippen LogP contribution in [0.3, 0.4) is 0 Å². The topological polar surface area (TPSA) is 29.9 Å². The lowest BCUT2D eigenvalue weighted by Gasteiger charge is -2.09. The van der Waals surface area contributed by atoms with Crippen molar-refractivity contribution in [3.05, 3.63) is 65.9 Å². The van der Waals surface area contributed by atoms with Crippen molar-refractivity contribution in [1.29, 1.82) is 0 Å². The molecule has 0 amide bonds. The molecule has 0 atom stereocenters. The van der Waals surface area contributed by atoms with Crippen LogP contribution in [0.5, 0.6) is 0 Å². The van der Waals surface area contributed by atoms with Gasteiger partial charge in [0.15, 0.2) is 5.69 Å². The number of rotatable bonds is 3. The summed E-state index contributed by atoms with van der Waals surface area (Å²) in [6.45, 7) is 1.92.